The maximum absolute atomic E-state index is 12.2. The quantitative estimate of drug-likeness (QED) is 0.835. The summed E-state index contributed by atoms with van der Waals surface area (Å²) >= 11 is 0. The van der Waals surface area contributed by atoms with Crippen LogP contribution < -0.4 is 10.1 Å². The minimum atomic E-state index is -4.75. The molecule has 7 nitrogen and oxygen atoms in total. The van der Waals surface area contributed by atoms with E-state index in [1.165, 1.54) is 28.9 Å². The number of carbonyl (C=O) groups excluding carboxylic acids is 2. The van der Waals surface area contributed by atoms with E-state index in [9.17, 15) is 27.9 Å². The fraction of sp³-hybridized carbons (Fsp3) is 0.500. The Balaban J connectivity index is 1.87. The molecule has 0 bridgehead atoms. The third kappa shape index (κ3) is 6.10. The van der Waals surface area contributed by atoms with Crippen molar-refractivity contribution in [1.82, 2.24) is 15.1 Å². The number of β-amino-alcohol motifs (C(OH)–C–C–N with tert-alkyl or cyclic N) is 1. The van der Waals surface area contributed by atoms with Gasteiger partial charge in [0.1, 0.15) is 5.75 Å². The second-order valence-electron chi connectivity index (χ2n) is 5.92. The van der Waals surface area contributed by atoms with Crippen LogP contribution in [0.15, 0.2) is 24.3 Å². The van der Waals surface area contributed by atoms with Crippen LogP contribution in [-0.4, -0.2) is 65.5 Å². The van der Waals surface area contributed by atoms with Gasteiger partial charge in [0.2, 0.25) is 5.91 Å². The molecule has 1 aromatic rings. The number of benzene rings is 1. The van der Waals surface area contributed by atoms with Crippen molar-refractivity contribution in [2.45, 2.75) is 25.9 Å². The van der Waals surface area contributed by atoms with Crippen molar-refractivity contribution in [3.63, 3.8) is 0 Å². The van der Waals surface area contributed by atoms with Crippen LogP contribution >= 0.6 is 0 Å². The average molecular weight is 375 g/mol. The van der Waals surface area contributed by atoms with Crippen LogP contribution in [0.25, 0.3) is 0 Å². The van der Waals surface area contributed by atoms with Crippen molar-refractivity contribution >= 4 is 11.9 Å². The number of urea groups is 1. The molecule has 0 aromatic heterocycles. The van der Waals surface area contributed by atoms with Crippen LogP contribution in [0.5, 0.6) is 5.75 Å². The first-order valence-electron chi connectivity index (χ1n) is 7.95. The van der Waals surface area contributed by atoms with E-state index >= 15 is 0 Å². The number of aliphatic hydroxyl groups excluding tert-OH is 1. The van der Waals surface area contributed by atoms with Gasteiger partial charge >= 0.3 is 12.4 Å². The standard InChI is InChI=1S/C16H20F3N3O4/c1-11(23)21-6-7-22(10-13(24)9-21)15(25)20-8-12-2-4-14(5-3-12)26-16(17,18)19/h2-5,13,24H,6-10H2,1H3,(H,20,25)/t13-/m1/s1. The maximum atomic E-state index is 12.2. The molecule has 10 heteroatoms. The van der Waals surface area contributed by atoms with Crippen molar-refractivity contribution < 1.29 is 32.6 Å². The van der Waals surface area contributed by atoms with Crippen molar-refractivity contribution in [3.8, 4) is 5.75 Å². The van der Waals surface area contributed by atoms with Gasteiger partial charge in [0.25, 0.3) is 0 Å². The minimum Gasteiger partial charge on any atom is -0.406 e. The summed E-state index contributed by atoms with van der Waals surface area (Å²) in [5, 5.41) is 12.6. The van der Waals surface area contributed by atoms with Crippen LogP contribution in [0.3, 0.4) is 0 Å². The average Bonchev–Trinajstić information content (AvgIpc) is 2.74. The van der Waals surface area contributed by atoms with Gasteiger partial charge in [-0.25, -0.2) is 4.79 Å². The lowest BCUT2D eigenvalue weighted by Gasteiger charge is -2.22. The Labute approximate surface area is 148 Å². The van der Waals surface area contributed by atoms with Gasteiger partial charge in [0.05, 0.1) is 12.6 Å². The first-order valence-corrected chi connectivity index (χ1v) is 7.95. The Morgan fingerprint density at radius 2 is 1.77 bits per heavy atom. The summed E-state index contributed by atoms with van der Waals surface area (Å²) in [5.74, 6) is -0.514. The van der Waals surface area contributed by atoms with E-state index < -0.39 is 18.5 Å². The zero-order valence-corrected chi connectivity index (χ0v) is 14.1. The lowest BCUT2D eigenvalue weighted by atomic mass is 10.2. The number of rotatable bonds is 3. The fourth-order valence-corrected chi connectivity index (χ4v) is 2.56. The lowest BCUT2D eigenvalue weighted by molar-refractivity contribution is -0.274. The highest BCUT2D eigenvalue weighted by atomic mass is 19.4. The molecule has 1 atom stereocenters. The van der Waals surface area contributed by atoms with E-state index in [-0.39, 0.29) is 37.8 Å². The molecule has 0 spiro atoms. The molecule has 2 N–H and O–H groups in total. The number of hydrogen-bond donors (Lipinski definition) is 2. The summed E-state index contributed by atoms with van der Waals surface area (Å²) in [6.07, 6.45) is -5.59. The number of nitrogens with one attached hydrogen (secondary N) is 1. The molecule has 0 unspecified atom stereocenters. The molecule has 1 fully saturated rings. The van der Waals surface area contributed by atoms with Crippen LogP contribution in [-0.2, 0) is 11.3 Å². The van der Waals surface area contributed by atoms with Gasteiger partial charge in [-0.1, -0.05) is 12.1 Å². The molecule has 0 aliphatic carbocycles. The molecule has 144 valence electrons. The van der Waals surface area contributed by atoms with Crippen molar-refractivity contribution in [3.05, 3.63) is 29.8 Å². The van der Waals surface area contributed by atoms with Gasteiger partial charge in [-0.3, -0.25) is 4.79 Å². The van der Waals surface area contributed by atoms with E-state index in [2.05, 4.69) is 10.1 Å². The highest BCUT2D eigenvalue weighted by molar-refractivity contribution is 5.75. The Kier molecular flexibility index (Phi) is 6.30. The van der Waals surface area contributed by atoms with Crippen molar-refractivity contribution in [2.24, 2.45) is 0 Å². The van der Waals surface area contributed by atoms with E-state index in [0.717, 1.165) is 12.1 Å². The maximum Gasteiger partial charge on any atom is 0.573 e. The van der Waals surface area contributed by atoms with Crippen LogP contribution in [0.1, 0.15) is 12.5 Å². The molecule has 1 heterocycles. The van der Waals surface area contributed by atoms with E-state index in [1.807, 2.05) is 0 Å². The third-order valence-electron chi connectivity index (χ3n) is 3.84. The van der Waals surface area contributed by atoms with Gasteiger partial charge in [0.15, 0.2) is 0 Å². The van der Waals surface area contributed by atoms with Crippen molar-refractivity contribution in [1.29, 1.82) is 0 Å². The summed E-state index contributed by atoms with van der Waals surface area (Å²) in [5.41, 5.74) is 0.591. The third-order valence-corrected chi connectivity index (χ3v) is 3.84. The smallest absolute Gasteiger partial charge is 0.406 e. The van der Waals surface area contributed by atoms with Gasteiger partial charge in [-0.2, -0.15) is 0 Å². The largest absolute Gasteiger partial charge is 0.573 e. The van der Waals surface area contributed by atoms with Crippen LogP contribution in [0.4, 0.5) is 18.0 Å². The molecular formula is C16H20F3N3O4. The summed E-state index contributed by atoms with van der Waals surface area (Å²) in [4.78, 5) is 26.5. The predicted molar refractivity (Wildman–Crippen MR) is 85.2 cm³/mol. The van der Waals surface area contributed by atoms with Crippen molar-refractivity contribution in [2.75, 3.05) is 26.2 Å². The summed E-state index contributed by atoms with van der Waals surface area (Å²) in [6.45, 7) is 2.36. The SMILES string of the molecule is CC(=O)N1CCN(C(=O)NCc2ccc(OC(F)(F)F)cc2)C[C@H](O)C1. The van der Waals surface area contributed by atoms with Gasteiger partial charge in [0, 0.05) is 33.1 Å². The highest BCUT2D eigenvalue weighted by Gasteiger charge is 2.31. The topological polar surface area (TPSA) is 82.1 Å². The van der Waals surface area contributed by atoms with E-state index in [4.69, 9.17) is 0 Å². The van der Waals surface area contributed by atoms with Gasteiger partial charge in [-0.15, -0.1) is 13.2 Å². The Bertz CT molecular complexity index is 637. The number of nitrogens with zero attached hydrogens (tertiary/aromatic N) is 2. The van der Waals surface area contributed by atoms with Crippen LogP contribution in [0.2, 0.25) is 0 Å². The number of aliphatic hydroxyl groups is 1. The zero-order valence-electron chi connectivity index (χ0n) is 14.1. The lowest BCUT2D eigenvalue weighted by Crippen LogP contribution is -2.43. The number of carbonyl (C=O) groups is 2. The zero-order chi connectivity index (χ0) is 19.3. The van der Waals surface area contributed by atoms with E-state index in [0.29, 0.717) is 12.1 Å². The minimum absolute atomic E-state index is 0.0912. The first kappa shape index (κ1) is 19.8. The summed E-state index contributed by atoms with van der Waals surface area (Å²) < 4.78 is 40.1. The predicted octanol–water partition coefficient (Wildman–Crippen LogP) is 1.32. The Morgan fingerprint density at radius 3 is 2.35 bits per heavy atom. The molecule has 1 aromatic carbocycles. The monoisotopic (exact) mass is 375 g/mol. The molecule has 0 radical (unpaired) electrons. The number of ether oxygens (including phenoxy) is 1. The number of alkyl halides is 3. The molecule has 1 aliphatic rings. The molecule has 26 heavy (non-hydrogen) atoms. The number of amides is 3. The molecular weight excluding hydrogens is 355 g/mol. The van der Waals surface area contributed by atoms with Gasteiger partial charge < -0.3 is 25.0 Å². The van der Waals surface area contributed by atoms with E-state index in [1.54, 1.807) is 0 Å². The normalized spacial score (nSPS) is 18.3. The highest BCUT2D eigenvalue weighted by Crippen LogP contribution is 2.22. The van der Waals surface area contributed by atoms with Gasteiger partial charge in [-0.05, 0) is 17.7 Å². The second kappa shape index (κ2) is 8.26. The second-order valence-corrected chi connectivity index (χ2v) is 5.92. The Morgan fingerprint density at radius 1 is 1.19 bits per heavy atom. The first-order chi connectivity index (χ1) is 12.1. The molecule has 3 amide bonds. The summed E-state index contributed by atoms with van der Waals surface area (Å²) in [7, 11) is 0. The summed E-state index contributed by atoms with van der Waals surface area (Å²) in [6, 6.07) is 4.72. The Hall–Kier alpha value is -2.49. The molecule has 0 saturated carbocycles. The van der Waals surface area contributed by atoms with Crippen LogP contribution in [0, 0.1) is 0 Å². The molecule has 1 aliphatic heterocycles. The number of halogens is 3. The number of hydrogen-bond acceptors (Lipinski definition) is 4. The molecule has 1 saturated heterocycles. The molecule has 2 rings (SSSR count). The fourth-order valence-electron chi connectivity index (χ4n) is 2.56.